The summed E-state index contributed by atoms with van der Waals surface area (Å²) in [5.74, 6) is 0. The van der Waals surface area contributed by atoms with E-state index in [1.165, 1.54) is 86.7 Å². The highest BCUT2D eigenvalue weighted by atomic mass is 15.0. The maximum atomic E-state index is 5.50. The van der Waals surface area contributed by atoms with Gasteiger partial charge in [-0.2, -0.15) is 0 Å². The number of hydrogen-bond acceptors (Lipinski definition) is 2. The van der Waals surface area contributed by atoms with Gasteiger partial charge in [0.05, 0.1) is 55.9 Å². The van der Waals surface area contributed by atoms with Crippen molar-refractivity contribution in [1.29, 1.82) is 0 Å². The van der Waals surface area contributed by atoms with Gasteiger partial charge in [0.1, 0.15) is 0 Å². The molecule has 0 spiro atoms. The van der Waals surface area contributed by atoms with Gasteiger partial charge in [-0.25, -0.2) is 9.97 Å². The molecule has 4 heteroatoms. The molecule has 0 aliphatic rings. The van der Waals surface area contributed by atoms with E-state index in [1.807, 2.05) is 6.07 Å². The van der Waals surface area contributed by atoms with Gasteiger partial charge in [-0.1, -0.05) is 176 Å². The molecule has 12 aromatic carbocycles. The normalized spacial score (nSPS) is 12.2. The molecule has 0 fully saturated rings. The van der Waals surface area contributed by atoms with Gasteiger partial charge in [0, 0.05) is 59.6 Å². The van der Waals surface area contributed by atoms with Crippen LogP contribution in [0.25, 0.3) is 142 Å². The fraction of sp³-hybridized carbons (Fsp3) is 0. The summed E-state index contributed by atoms with van der Waals surface area (Å²) in [6.07, 6.45) is 0. The van der Waals surface area contributed by atoms with E-state index in [0.717, 1.165) is 55.7 Å². The maximum absolute atomic E-state index is 5.50. The van der Waals surface area contributed by atoms with E-state index in [9.17, 15) is 0 Å². The van der Waals surface area contributed by atoms with E-state index in [0.29, 0.717) is 0 Å². The zero-order valence-electron chi connectivity index (χ0n) is 35.6. The average Bonchev–Trinajstić information content (AvgIpc) is 3.91. The highest BCUT2D eigenvalue weighted by Crippen LogP contribution is 2.48. The number of hydrogen-bond donors (Lipinski definition) is 0. The van der Waals surface area contributed by atoms with Crippen molar-refractivity contribution in [3.8, 4) is 33.9 Å². The van der Waals surface area contributed by atoms with Crippen LogP contribution in [0.3, 0.4) is 0 Å². The standard InChI is InChI=1S/C62H36N4/c1-2-16-39(17-3-1)59-60(64-52-23-11-10-22-51(52)63-59)50-36-40-28-34-55(65-53-24-12-8-20-43(53)46-29-26-37-14-4-6-18-41(37)61(46)65)48-31-32-49-56(35-33-45(50)58(49)57(40)48)66-54-25-13-9-21-44(54)47-30-27-38-15-5-7-19-42(38)62(47)66/h1-36H. The minimum Gasteiger partial charge on any atom is -0.308 e. The van der Waals surface area contributed by atoms with Crippen molar-refractivity contribution in [3.63, 3.8) is 0 Å². The predicted molar refractivity (Wildman–Crippen MR) is 278 cm³/mol. The number of rotatable bonds is 4. The van der Waals surface area contributed by atoms with E-state index in [4.69, 9.17) is 9.97 Å². The smallest absolute Gasteiger partial charge is 0.0979 e. The van der Waals surface area contributed by atoms with Gasteiger partial charge >= 0.3 is 0 Å². The highest BCUT2D eigenvalue weighted by molar-refractivity contribution is 6.31. The minimum atomic E-state index is 0.871. The number of para-hydroxylation sites is 4. The quantitative estimate of drug-likeness (QED) is 0.166. The third kappa shape index (κ3) is 4.82. The third-order valence-electron chi connectivity index (χ3n) is 14.2. The number of fused-ring (bicyclic) bond motifs is 11. The van der Waals surface area contributed by atoms with Crippen molar-refractivity contribution in [2.75, 3.05) is 0 Å². The molecule has 0 atom stereocenters. The number of benzene rings is 12. The molecule has 0 aliphatic heterocycles. The Labute approximate surface area is 378 Å². The van der Waals surface area contributed by atoms with Gasteiger partial charge in [0.25, 0.3) is 0 Å². The van der Waals surface area contributed by atoms with Crippen LogP contribution in [0, 0.1) is 0 Å². The summed E-state index contributed by atoms with van der Waals surface area (Å²) in [6, 6.07) is 79.7. The van der Waals surface area contributed by atoms with E-state index in [2.05, 4.69) is 221 Å². The Morgan fingerprint density at radius 2 is 0.742 bits per heavy atom. The molecule has 0 radical (unpaired) electrons. The molecule has 66 heavy (non-hydrogen) atoms. The Morgan fingerprint density at radius 3 is 1.36 bits per heavy atom. The SMILES string of the molecule is c1ccc(-c2nc3ccccc3nc2-c2cc3ccc(-n4c5ccccc5c5ccc6ccccc6c54)c4ccc5c(-n6c7ccccc7c7ccc8ccccc8c76)ccc2c5c34)cc1. The van der Waals surface area contributed by atoms with Crippen LogP contribution in [0.5, 0.6) is 0 Å². The molecule has 0 saturated carbocycles. The molecule has 4 nitrogen and oxygen atoms in total. The summed E-state index contributed by atoms with van der Waals surface area (Å²) < 4.78 is 5.03. The summed E-state index contributed by atoms with van der Waals surface area (Å²) in [4.78, 5) is 10.9. The predicted octanol–water partition coefficient (Wildman–Crippen LogP) is 16.4. The Balaban J connectivity index is 1.12. The third-order valence-corrected chi connectivity index (χ3v) is 14.2. The van der Waals surface area contributed by atoms with Crippen molar-refractivity contribution in [1.82, 2.24) is 19.1 Å². The van der Waals surface area contributed by atoms with Crippen LogP contribution in [0.15, 0.2) is 218 Å². The van der Waals surface area contributed by atoms with Crippen molar-refractivity contribution in [3.05, 3.63) is 218 Å². The Hall–Kier alpha value is -8.86. The van der Waals surface area contributed by atoms with E-state index >= 15 is 0 Å². The molecule has 15 rings (SSSR count). The van der Waals surface area contributed by atoms with Crippen LogP contribution in [0.4, 0.5) is 0 Å². The molecule has 0 amide bonds. The van der Waals surface area contributed by atoms with Crippen molar-refractivity contribution >= 4 is 109 Å². The van der Waals surface area contributed by atoms with E-state index in [-0.39, 0.29) is 0 Å². The zero-order chi connectivity index (χ0) is 43.0. The fourth-order valence-electron chi connectivity index (χ4n) is 11.4. The molecule has 0 aliphatic carbocycles. The second kappa shape index (κ2) is 13.3. The van der Waals surface area contributed by atoms with Gasteiger partial charge in [0.2, 0.25) is 0 Å². The first-order valence-electron chi connectivity index (χ1n) is 22.7. The number of nitrogens with zero attached hydrogens (tertiary/aromatic N) is 4. The average molecular weight is 837 g/mol. The van der Waals surface area contributed by atoms with Crippen LogP contribution in [-0.4, -0.2) is 19.1 Å². The van der Waals surface area contributed by atoms with Crippen molar-refractivity contribution in [2.24, 2.45) is 0 Å². The second-order valence-electron chi connectivity index (χ2n) is 17.6. The van der Waals surface area contributed by atoms with Crippen LogP contribution in [0.2, 0.25) is 0 Å². The van der Waals surface area contributed by atoms with E-state index in [1.54, 1.807) is 0 Å². The molecule has 0 unspecified atom stereocenters. The first-order chi connectivity index (χ1) is 32.8. The summed E-state index contributed by atoms with van der Waals surface area (Å²) >= 11 is 0. The van der Waals surface area contributed by atoms with Crippen molar-refractivity contribution in [2.45, 2.75) is 0 Å². The second-order valence-corrected chi connectivity index (χ2v) is 17.6. The molecule has 0 N–H and O–H groups in total. The molecule has 3 heterocycles. The summed E-state index contributed by atoms with van der Waals surface area (Å²) in [6.45, 7) is 0. The van der Waals surface area contributed by atoms with Crippen molar-refractivity contribution < 1.29 is 0 Å². The molecule has 0 bridgehead atoms. The van der Waals surface area contributed by atoms with Gasteiger partial charge in [-0.15, -0.1) is 0 Å². The number of aromatic nitrogens is 4. The lowest BCUT2D eigenvalue weighted by atomic mass is 9.88. The molecule has 15 aromatic rings. The molecule has 3 aromatic heterocycles. The van der Waals surface area contributed by atoms with Crippen LogP contribution in [-0.2, 0) is 0 Å². The highest BCUT2D eigenvalue weighted by Gasteiger charge is 2.25. The maximum Gasteiger partial charge on any atom is 0.0979 e. The Kier molecular flexibility index (Phi) is 7.19. The molecule has 304 valence electrons. The van der Waals surface area contributed by atoms with Crippen LogP contribution in [0.1, 0.15) is 0 Å². The zero-order valence-corrected chi connectivity index (χ0v) is 35.6. The Bertz CT molecular complexity index is 4520. The molecular weight excluding hydrogens is 801 g/mol. The summed E-state index contributed by atoms with van der Waals surface area (Å²) in [5, 5.41) is 17.0. The minimum absolute atomic E-state index is 0.871. The molecular formula is C62H36N4. The lowest BCUT2D eigenvalue weighted by Crippen LogP contribution is -2.01. The van der Waals surface area contributed by atoms with Gasteiger partial charge in [-0.05, 0) is 69.4 Å². The largest absolute Gasteiger partial charge is 0.308 e. The topological polar surface area (TPSA) is 35.6 Å². The lowest BCUT2D eigenvalue weighted by molar-refractivity contribution is 1.20. The van der Waals surface area contributed by atoms with Gasteiger partial charge in [0.15, 0.2) is 0 Å². The molecule has 0 saturated heterocycles. The monoisotopic (exact) mass is 836 g/mol. The lowest BCUT2D eigenvalue weighted by Gasteiger charge is -2.21. The first-order valence-corrected chi connectivity index (χ1v) is 22.7. The van der Waals surface area contributed by atoms with E-state index < -0.39 is 0 Å². The van der Waals surface area contributed by atoms with Gasteiger partial charge in [-0.3, -0.25) is 0 Å². The first kappa shape index (κ1) is 35.6. The fourth-order valence-corrected chi connectivity index (χ4v) is 11.4. The summed E-state index contributed by atoms with van der Waals surface area (Å²) in [5.41, 5.74) is 12.7. The van der Waals surface area contributed by atoms with Gasteiger partial charge < -0.3 is 9.13 Å². The summed E-state index contributed by atoms with van der Waals surface area (Å²) in [7, 11) is 0. The van der Waals surface area contributed by atoms with Crippen LogP contribution >= 0.6 is 0 Å². The van der Waals surface area contributed by atoms with Crippen LogP contribution < -0.4 is 0 Å². The Morgan fingerprint density at radius 1 is 0.288 bits per heavy atom.